The van der Waals surface area contributed by atoms with Crippen molar-refractivity contribution in [2.45, 2.75) is 58.0 Å². The van der Waals surface area contributed by atoms with Gasteiger partial charge in [0.1, 0.15) is 5.75 Å². The molecule has 0 saturated carbocycles. The van der Waals surface area contributed by atoms with Crippen LogP contribution in [0.15, 0.2) is 48.5 Å². The molecule has 5 nitrogen and oxygen atoms in total. The Morgan fingerprint density at radius 2 is 2.00 bits per heavy atom. The number of urea groups is 1. The predicted octanol–water partition coefficient (Wildman–Crippen LogP) is 5.06. The Morgan fingerprint density at radius 1 is 1.15 bits per heavy atom. The number of fused-ring (bicyclic) bond motifs is 4. The van der Waals surface area contributed by atoms with Crippen molar-refractivity contribution in [1.29, 1.82) is 0 Å². The smallest absolute Gasteiger partial charge is 0.317 e. The van der Waals surface area contributed by atoms with E-state index in [4.69, 9.17) is 4.74 Å². The van der Waals surface area contributed by atoms with Crippen LogP contribution >= 0.6 is 0 Å². The molecule has 34 heavy (non-hydrogen) atoms. The molecule has 0 bridgehead atoms. The Morgan fingerprint density at radius 3 is 2.82 bits per heavy atom. The lowest BCUT2D eigenvalue weighted by molar-refractivity contribution is 0.00575. The topological polar surface area (TPSA) is 44.8 Å². The number of hydrogen-bond acceptors (Lipinski definition) is 3. The minimum atomic E-state index is 0.118. The maximum absolute atomic E-state index is 13.2. The van der Waals surface area contributed by atoms with E-state index in [1.165, 1.54) is 23.1 Å². The fourth-order valence-corrected chi connectivity index (χ4v) is 6.10. The molecule has 2 saturated heterocycles. The summed E-state index contributed by atoms with van der Waals surface area (Å²) in [4.78, 5) is 18.0. The van der Waals surface area contributed by atoms with Crippen LogP contribution in [-0.4, -0.2) is 54.7 Å². The Labute approximate surface area is 204 Å². The first-order chi connectivity index (χ1) is 16.6. The summed E-state index contributed by atoms with van der Waals surface area (Å²) in [5.41, 5.74) is 4.13. The van der Waals surface area contributed by atoms with Gasteiger partial charge in [-0.3, -0.25) is 4.90 Å². The van der Waals surface area contributed by atoms with Crippen molar-refractivity contribution in [1.82, 2.24) is 15.1 Å². The quantitative estimate of drug-likeness (QED) is 0.654. The summed E-state index contributed by atoms with van der Waals surface area (Å²) in [6, 6.07) is 17.9. The number of piperidine rings is 2. The van der Waals surface area contributed by atoms with Gasteiger partial charge in [-0.1, -0.05) is 50.2 Å². The van der Waals surface area contributed by atoms with Gasteiger partial charge in [0.15, 0.2) is 0 Å². The molecule has 0 spiro atoms. The van der Waals surface area contributed by atoms with E-state index in [1.54, 1.807) is 0 Å². The number of nitrogens with one attached hydrogen (secondary N) is 1. The zero-order valence-corrected chi connectivity index (χ0v) is 20.7. The van der Waals surface area contributed by atoms with Gasteiger partial charge >= 0.3 is 6.03 Å². The van der Waals surface area contributed by atoms with E-state index >= 15 is 0 Å². The number of nitrogens with zero attached hydrogens (tertiary/aromatic N) is 2. The Hall–Kier alpha value is -2.53. The van der Waals surface area contributed by atoms with E-state index in [9.17, 15) is 4.79 Å². The second-order valence-electron chi connectivity index (χ2n) is 10.7. The normalized spacial score (nSPS) is 24.2. The molecular formula is C29H39N3O2. The van der Waals surface area contributed by atoms with Crippen molar-refractivity contribution >= 4 is 6.03 Å². The second kappa shape index (κ2) is 10.4. The first-order valence-electron chi connectivity index (χ1n) is 13.2. The summed E-state index contributed by atoms with van der Waals surface area (Å²) in [7, 11) is 0. The summed E-state index contributed by atoms with van der Waals surface area (Å²) >= 11 is 0. The number of rotatable bonds is 6. The first kappa shape index (κ1) is 23.2. The van der Waals surface area contributed by atoms with Gasteiger partial charge in [-0.2, -0.15) is 0 Å². The number of likely N-dealkylation sites (tertiary alicyclic amines) is 1. The summed E-state index contributed by atoms with van der Waals surface area (Å²) < 4.78 is 6.00. The highest BCUT2D eigenvalue weighted by molar-refractivity contribution is 5.74. The van der Waals surface area contributed by atoms with Crippen molar-refractivity contribution in [3.05, 3.63) is 65.2 Å². The number of hydrogen-bond donors (Lipinski definition) is 1. The molecule has 2 aromatic rings. The molecule has 0 unspecified atom stereocenters. The van der Waals surface area contributed by atoms with E-state index in [-0.39, 0.29) is 6.03 Å². The Balaban J connectivity index is 1.25. The molecule has 0 aliphatic carbocycles. The SMILES string of the molecule is CC(C)COc1ccc2c(c1)CCN1C[C@H]3CCCN(C(=O)NCCc4ccccc4)[C@H]3C[C@H]21. The van der Waals surface area contributed by atoms with E-state index in [1.807, 2.05) is 6.07 Å². The molecule has 3 heterocycles. The fraction of sp³-hybridized carbons (Fsp3) is 0.552. The van der Waals surface area contributed by atoms with Crippen molar-refractivity contribution in [2.75, 3.05) is 32.8 Å². The molecule has 3 aliphatic rings. The van der Waals surface area contributed by atoms with E-state index in [0.29, 0.717) is 30.5 Å². The third kappa shape index (κ3) is 5.10. The van der Waals surface area contributed by atoms with Gasteiger partial charge in [0.2, 0.25) is 0 Å². The molecule has 0 aromatic heterocycles. The van der Waals surface area contributed by atoms with Crippen LogP contribution in [0.1, 0.15) is 55.8 Å². The number of amides is 2. The van der Waals surface area contributed by atoms with Gasteiger partial charge in [-0.05, 0) is 72.8 Å². The van der Waals surface area contributed by atoms with Crippen LogP contribution in [0.2, 0.25) is 0 Å². The summed E-state index contributed by atoms with van der Waals surface area (Å²) in [6.45, 7) is 8.90. The largest absolute Gasteiger partial charge is 0.493 e. The van der Waals surface area contributed by atoms with Crippen LogP contribution in [0.3, 0.4) is 0 Å². The maximum Gasteiger partial charge on any atom is 0.317 e. The Kier molecular flexibility index (Phi) is 7.10. The maximum atomic E-state index is 13.2. The average Bonchev–Trinajstić information content (AvgIpc) is 2.86. The molecule has 5 heteroatoms. The lowest BCUT2D eigenvalue weighted by atomic mass is 9.76. The third-order valence-electron chi connectivity index (χ3n) is 7.81. The molecular weight excluding hydrogens is 422 g/mol. The van der Waals surface area contributed by atoms with Crippen LogP contribution in [0, 0.1) is 11.8 Å². The second-order valence-corrected chi connectivity index (χ2v) is 10.7. The standard InChI is InChI=1S/C29H39N3O2/c1-21(2)20-34-25-10-11-26-23(17-25)13-16-31-19-24-9-6-15-32(27(24)18-28(26)31)29(33)30-14-12-22-7-4-3-5-8-22/h3-5,7-8,10-11,17,21,24,27-28H,6,9,12-16,18-20H2,1-2H3,(H,30,33)/t24-,27+,28-/m1/s1. The highest BCUT2D eigenvalue weighted by Crippen LogP contribution is 2.43. The lowest BCUT2D eigenvalue weighted by Crippen LogP contribution is -2.59. The van der Waals surface area contributed by atoms with Crippen LogP contribution in [0.4, 0.5) is 4.79 Å². The molecule has 2 aromatic carbocycles. The molecule has 3 aliphatic heterocycles. The zero-order valence-electron chi connectivity index (χ0n) is 20.7. The van der Waals surface area contributed by atoms with Gasteiger partial charge in [0, 0.05) is 38.3 Å². The van der Waals surface area contributed by atoms with E-state index in [2.05, 4.69) is 71.4 Å². The zero-order chi connectivity index (χ0) is 23.5. The van der Waals surface area contributed by atoms with Gasteiger partial charge in [-0.15, -0.1) is 0 Å². The van der Waals surface area contributed by atoms with E-state index < -0.39 is 0 Å². The van der Waals surface area contributed by atoms with Gasteiger partial charge in [0.25, 0.3) is 0 Å². The van der Waals surface area contributed by atoms with Crippen molar-refractivity contribution in [2.24, 2.45) is 11.8 Å². The highest BCUT2D eigenvalue weighted by atomic mass is 16.5. The summed E-state index contributed by atoms with van der Waals surface area (Å²) in [6.07, 6.45) is 5.34. The number of benzene rings is 2. The molecule has 182 valence electrons. The van der Waals surface area contributed by atoms with Gasteiger partial charge < -0.3 is 15.0 Å². The Bertz CT molecular complexity index is 977. The number of ether oxygens (including phenoxy) is 1. The fourth-order valence-electron chi connectivity index (χ4n) is 6.10. The highest BCUT2D eigenvalue weighted by Gasteiger charge is 2.43. The van der Waals surface area contributed by atoms with Crippen LogP contribution in [0.25, 0.3) is 0 Å². The first-order valence-corrected chi connectivity index (χ1v) is 13.2. The van der Waals surface area contributed by atoms with Crippen molar-refractivity contribution in [3.8, 4) is 5.75 Å². The number of carbonyl (C=O) groups is 1. The molecule has 3 atom stereocenters. The summed E-state index contributed by atoms with van der Waals surface area (Å²) in [5, 5.41) is 3.21. The molecule has 0 radical (unpaired) electrons. The predicted molar refractivity (Wildman–Crippen MR) is 136 cm³/mol. The van der Waals surface area contributed by atoms with Crippen LogP contribution < -0.4 is 10.1 Å². The van der Waals surface area contributed by atoms with Crippen molar-refractivity contribution < 1.29 is 9.53 Å². The molecule has 2 fully saturated rings. The average molecular weight is 462 g/mol. The summed E-state index contributed by atoms with van der Waals surface area (Å²) in [5.74, 6) is 2.10. The minimum absolute atomic E-state index is 0.118. The van der Waals surface area contributed by atoms with Crippen molar-refractivity contribution in [3.63, 3.8) is 0 Å². The minimum Gasteiger partial charge on any atom is -0.493 e. The van der Waals surface area contributed by atoms with E-state index in [0.717, 1.165) is 57.7 Å². The molecule has 5 rings (SSSR count). The number of carbonyl (C=O) groups excluding carboxylic acids is 1. The monoisotopic (exact) mass is 461 g/mol. The third-order valence-corrected chi connectivity index (χ3v) is 7.81. The molecule has 1 N–H and O–H groups in total. The van der Waals surface area contributed by atoms with Crippen LogP contribution in [0.5, 0.6) is 5.75 Å². The van der Waals surface area contributed by atoms with Gasteiger partial charge in [-0.25, -0.2) is 4.79 Å². The lowest BCUT2D eigenvalue weighted by Gasteiger charge is -2.52. The van der Waals surface area contributed by atoms with Crippen LogP contribution in [-0.2, 0) is 12.8 Å². The van der Waals surface area contributed by atoms with Gasteiger partial charge in [0.05, 0.1) is 6.61 Å². The molecule has 2 amide bonds.